The predicted octanol–water partition coefficient (Wildman–Crippen LogP) is 1.99. The normalized spacial score (nSPS) is 21.6. The summed E-state index contributed by atoms with van der Waals surface area (Å²) in [6, 6.07) is 1.23. The maximum Gasteiger partial charge on any atom is 0.257 e. The van der Waals surface area contributed by atoms with Crippen molar-refractivity contribution < 1.29 is 9.18 Å². The van der Waals surface area contributed by atoms with Gasteiger partial charge in [-0.1, -0.05) is 6.92 Å². The first-order valence-corrected chi connectivity index (χ1v) is 6.11. The van der Waals surface area contributed by atoms with E-state index in [0.29, 0.717) is 17.7 Å². The van der Waals surface area contributed by atoms with E-state index in [-0.39, 0.29) is 11.5 Å². The fourth-order valence-electron chi connectivity index (χ4n) is 2.10. The van der Waals surface area contributed by atoms with Crippen LogP contribution in [0.15, 0.2) is 12.3 Å². The summed E-state index contributed by atoms with van der Waals surface area (Å²) in [4.78, 5) is 17.7. The Hall–Kier alpha value is -1.65. The van der Waals surface area contributed by atoms with E-state index >= 15 is 0 Å². The molecule has 0 saturated heterocycles. The maximum absolute atomic E-state index is 13.2. The van der Waals surface area contributed by atoms with E-state index in [9.17, 15) is 9.18 Å². The van der Waals surface area contributed by atoms with Crippen LogP contribution in [0.5, 0.6) is 0 Å². The molecule has 0 aromatic carbocycles. The predicted molar refractivity (Wildman–Crippen MR) is 68.0 cm³/mol. The summed E-state index contributed by atoms with van der Waals surface area (Å²) < 4.78 is 13.2. The Morgan fingerprint density at radius 3 is 2.89 bits per heavy atom. The van der Waals surface area contributed by atoms with Crippen LogP contribution in [-0.4, -0.2) is 36.4 Å². The summed E-state index contributed by atoms with van der Waals surface area (Å²) in [5, 5.41) is 2.81. The topological polar surface area (TPSA) is 45.2 Å². The number of pyridine rings is 1. The van der Waals surface area contributed by atoms with Gasteiger partial charge < -0.3 is 10.2 Å². The first-order chi connectivity index (χ1) is 8.52. The van der Waals surface area contributed by atoms with Crippen LogP contribution in [0.25, 0.3) is 0 Å². The van der Waals surface area contributed by atoms with E-state index < -0.39 is 5.82 Å². The second-order valence-electron chi connectivity index (χ2n) is 4.96. The Bertz CT molecular complexity index is 464. The van der Waals surface area contributed by atoms with Gasteiger partial charge in [0, 0.05) is 20.6 Å². The highest BCUT2D eigenvalue weighted by Crippen LogP contribution is 2.38. The van der Waals surface area contributed by atoms with E-state index in [0.717, 1.165) is 19.2 Å². The molecule has 0 bridgehead atoms. The molecule has 1 fully saturated rings. The molecule has 4 nitrogen and oxygen atoms in total. The van der Waals surface area contributed by atoms with Gasteiger partial charge in [-0.2, -0.15) is 0 Å². The molecular formula is C13H18FN3O. The standard InChI is InChI=1S/C13H18FN3O/c1-8-4-9(8)7-17(3)13(18)11-5-10(14)6-16-12(11)15-2/h5-6,8-9H,4,7H2,1-3H3,(H,15,16). The van der Waals surface area contributed by atoms with Gasteiger partial charge in [0.15, 0.2) is 0 Å². The van der Waals surface area contributed by atoms with E-state index in [1.807, 2.05) is 0 Å². The SMILES string of the molecule is CNc1ncc(F)cc1C(=O)N(C)CC1CC1C. The van der Waals surface area contributed by atoms with Crippen LogP contribution in [-0.2, 0) is 0 Å². The maximum atomic E-state index is 13.2. The summed E-state index contributed by atoms with van der Waals surface area (Å²) in [5.41, 5.74) is 0.285. The van der Waals surface area contributed by atoms with Crippen LogP contribution in [0.3, 0.4) is 0 Å². The van der Waals surface area contributed by atoms with Crippen molar-refractivity contribution in [2.24, 2.45) is 11.8 Å². The lowest BCUT2D eigenvalue weighted by atomic mass is 10.2. The van der Waals surface area contributed by atoms with Crippen molar-refractivity contribution in [3.63, 3.8) is 0 Å². The van der Waals surface area contributed by atoms with Crippen LogP contribution in [0.2, 0.25) is 0 Å². The Balaban J connectivity index is 2.14. The van der Waals surface area contributed by atoms with Crippen LogP contribution in [0, 0.1) is 17.7 Å². The van der Waals surface area contributed by atoms with E-state index in [2.05, 4.69) is 17.2 Å². The molecule has 2 rings (SSSR count). The smallest absolute Gasteiger partial charge is 0.257 e. The third-order valence-electron chi connectivity index (χ3n) is 3.45. The highest BCUT2D eigenvalue weighted by atomic mass is 19.1. The van der Waals surface area contributed by atoms with Gasteiger partial charge in [0.2, 0.25) is 0 Å². The number of carbonyl (C=O) groups excluding carboxylic acids is 1. The first kappa shape index (κ1) is 12.8. The number of carbonyl (C=O) groups is 1. The molecule has 1 saturated carbocycles. The molecule has 98 valence electrons. The number of hydrogen-bond acceptors (Lipinski definition) is 3. The molecule has 0 radical (unpaired) electrons. The summed E-state index contributed by atoms with van der Waals surface area (Å²) in [6.45, 7) is 2.89. The Morgan fingerprint density at radius 1 is 1.67 bits per heavy atom. The summed E-state index contributed by atoms with van der Waals surface area (Å²) in [6.07, 6.45) is 2.27. The number of halogens is 1. The van der Waals surface area contributed by atoms with E-state index in [1.54, 1.807) is 19.0 Å². The van der Waals surface area contributed by atoms with Crippen molar-refractivity contribution in [3.05, 3.63) is 23.6 Å². The lowest BCUT2D eigenvalue weighted by Crippen LogP contribution is -2.30. The van der Waals surface area contributed by atoms with Gasteiger partial charge in [-0.15, -0.1) is 0 Å². The molecular weight excluding hydrogens is 233 g/mol. The van der Waals surface area contributed by atoms with Gasteiger partial charge in [0.25, 0.3) is 5.91 Å². The van der Waals surface area contributed by atoms with Gasteiger partial charge in [0.1, 0.15) is 11.6 Å². The third kappa shape index (κ3) is 2.60. The molecule has 1 aromatic rings. The van der Waals surface area contributed by atoms with Gasteiger partial charge in [-0.3, -0.25) is 4.79 Å². The zero-order valence-corrected chi connectivity index (χ0v) is 10.9. The van der Waals surface area contributed by atoms with Crippen LogP contribution >= 0.6 is 0 Å². The van der Waals surface area contributed by atoms with Crippen molar-refractivity contribution in [1.82, 2.24) is 9.88 Å². The molecule has 5 heteroatoms. The second-order valence-corrected chi connectivity index (χ2v) is 4.96. The fraction of sp³-hybridized carbons (Fsp3) is 0.538. The fourth-order valence-corrected chi connectivity index (χ4v) is 2.10. The molecule has 1 aliphatic rings. The molecule has 0 spiro atoms. The number of aromatic nitrogens is 1. The molecule has 1 N–H and O–H groups in total. The molecule has 2 unspecified atom stereocenters. The van der Waals surface area contributed by atoms with Crippen LogP contribution in [0.4, 0.5) is 10.2 Å². The van der Waals surface area contributed by atoms with E-state index in [4.69, 9.17) is 0 Å². The third-order valence-corrected chi connectivity index (χ3v) is 3.45. The summed E-state index contributed by atoms with van der Waals surface area (Å²) in [5.74, 6) is 1.00. The van der Waals surface area contributed by atoms with Gasteiger partial charge >= 0.3 is 0 Å². The van der Waals surface area contributed by atoms with Gasteiger partial charge in [-0.25, -0.2) is 9.37 Å². The number of anilines is 1. The largest absolute Gasteiger partial charge is 0.372 e. The number of rotatable bonds is 4. The van der Waals surface area contributed by atoms with Crippen molar-refractivity contribution in [2.75, 3.05) is 26.0 Å². The Kier molecular flexibility index (Phi) is 3.50. The molecule has 1 amide bonds. The molecule has 1 aromatic heterocycles. The van der Waals surface area contributed by atoms with Crippen LogP contribution in [0.1, 0.15) is 23.7 Å². The lowest BCUT2D eigenvalue weighted by Gasteiger charge is -2.18. The minimum atomic E-state index is -0.495. The highest BCUT2D eigenvalue weighted by molar-refractivity contribution is 5.98. The summed E-state index contributed by atoms with van der Waals surface area (Å²) in [7, 11) is 3.41. The number of amides is 1. The van der Waals surface area contributed by atoms with Crippen molar-refractivity contribution in [1.29, 1.82) is 0 Å². The molecule has 1 aliphatic carbocycles. The van der Waals surface area contributed by atoms with E-state index in [1.165, 1.54) is 6.07 Å². The average Bonchev–Trinajstić information content (AvgIpc) is 3.03. The van der Waals surface area contributed by atoms with Gasteiger partial charge in [-0.05, 0) is 24.3 Å². The highest BCUT2D eigenvalue weighted by Gasteiger charge is 2.34. The Morgan fingerprint density at radius 2 is 2.33 bits per heavy atom. The van der Waals surface area contributed by atoms with Crippen LogP contribution < -0.4 is 5.32 Å². The molecule has 1 heterocycles. The zero-order chi connectivity index (χ0) is 13.3. The van der Waals surface area contributed by atoms with Crippen molar-refractivity contribution in [2.45, 2.75) is 13.3 Å². The minimum absolute atomic E-state index is 0.189. The Labute approximate surface area is 106 Å². The molecule has 2 atom stereocenters. The monoisotopic (exact) mass is 251 g/mol. The average molecular weight is 251 g/mol. The van der Waals surface area contributed by atoms with Crippen molar-refractivity contribution in [3.8, 4) is 0 Å². The first-order valence-electron chi connectivity index (χ1n) is 6.11. The quantitative estimate of drug-likeness (QED) is 0.890. The van der Waals surface area contributed by atoms with Gasteiger partial charge in [0.05, 0.1) is 11.8 Å². The number of hydrogen-bond donors (Lipinski definition) is 1. The second kappa shape index (κ2) is 4.92. The molecule has 18 heavy (non-hydrogen) atoms. The molecule has 0 aliphatic heterocycles. The summed E-state index contributed by atoms with van der Waals surface area (Å²) >= 11 is 0. The lowest BCUT2D eigenvalue weighted by molar-refractivity contribution is 0.0787. The number of nitrogens with zero attached hydrogens (tertiary/aromatic N) is 2. The number of nitrogens with one attached hydrogen (secondary N) is 1. The minimum Gasteiger partial charge on any atom is -0.372 e. The zero-order valence-electron chi connectivity index (χ0n) is 10.9. The van der Waals surface area contributed by atoms with Crippen molar-refractivity contribution >= 4 is 11.7 Å².